The van der Waals surface area contributed by atoms with Gasteiger partial charge in [0, 0.05) is 19.2 Å². The van der Waals surface area contributed by atoms with Crippen molar-refractivity contribution in [3.05, 3.63) is 53.1 Å². The average molecular weight is 346 g/mol. The maximum Gasteiger partial charge on any atom is 0.254 e. The summed E-state index contributed by atoms with van der Waals surface area (Å²) in [4.78, 5) is 33.6. The van der Waals surface area contributed by atoms with Crippen LogP contribution in [-0.2, 0) is 4.79 Å². The fourth-order valence-corrected chi connectivity index (χ4v) is 2.84. The molecule has 1 aromatic heterocycles. The van der Waals surface area contributed by atoms with Gasteiger partial charge in [-0.15, -0.1) is 0 Å². The highest BCUT2D eigenvalue weighted by atomic mass is 19.1. The summed E-state index contributed by atoms with van der Waals surface area (Å²) >= 11 is 0. The van der Waals surface area contributed by atoms with Crippen molar-refractivity contribution in [2.24, 2.45) is 0 Å². The Morgan fingerprint density at radius 2 is 1.96 bits per heavy atom. The van der Waals surface area contributed by atoms with E-state index >= 15 is 0 Å². The number of rotatable bonds is 3. The molecule has 1 unspecified atom stereocenters. The topological polar surface area (TPSA) is 75.2 Å². The number of anilines is 1. The maximum absolute atomic E-state index is 13.9. The Morgan fingerprint density at radius 1 is 1.28 bits per heavy atom. The molecular weight excluding hydrogens is 330 g/mol. The molecule has 0 saturated carbocycles. The molecule has 2 amide bonds. The third-order valence-corrected chi connectivity index (χ3v) is 4.01. The Hall–Kier alpha value is -2.90. The second-order valence-electron chi connectivity index (χ2n) is 5.87. The number of hydrogen-bond donors (Lipinski definition) is 1. The molecule has 3 rings (SSSR count). The molecule has 1 aromatic carbocycles. The molecule has 130 valence electrons. The Kier molecular flexibility index (Phi) is 4.43. The third-order valence-electron chi connectivity index (χ3n) is 4.01. The van der Waals surface area contributed by atoms with Gasteiger partial charge in [0.1, 0.15) is 23.1 Å². The van der Waals surface area contributed by atoms with Crippen molar-refractivity contribution < 1.29 is 18.4 Å². The number of aromatic nitrogens is 2. The van der Waals surface area contributed by atoms with Crippen molar-refractivity contribution in [3.8, 4) is 0 Å². The molecule has 25 heavy (non-hydrogen) atoms. The first kappa shape index (κ1) is 16.9. The van der Waals surface area contributed by atoms with Crippen LogP contribution < -0.4 is 10.2 Å². The highest BCUT2D eigenvalue weighted by molar-refractivity contribution is 5.99. The van der Waals surface area contributed by atoms with Gasteiger partial charge in [-0.05, 0) is 26.0 Å². The van der Waals surface area contributed by atoms with Crippen LogP contribution in [0.15, 0.2) is 24.4 Å². The lowest BCUT2D eigenvalue weighted by Gasteiger charge is -2.18. The lowest BCUT2D eigenvalue weighted by Crippen LogP contribution is -2.38. The zero-order chi connectivity index (χ0) is 18.1. The molecule has 1 saturated heterocycles. The third kappa shape index (κ3) is 3.33. The first-order valence-electron chi connectivity index (χ1n) is 7.72. The Bertz CT molecular complexity index is 836. The second-order valence-corrected chi connectivity index (χ2v) is 5.87. The molecular formula is C17H16F2N4O2. The number of hydrogen-bond acceptors (Lipinski definition) is 4. The number of benzene rings is 1. The van der Waals surface area contributed by atoms with Crippen LogP contribution in [0, 0.1) is 25.5 Å². The predicted octanol–water partition coefficient (Wildman–Crippen LogP) is 1.91. The number of carbonyl (C=O) groups excluding carboxylic acids is 2. The normalized spacial score (nSPS) is 17.0. The van der Waals surface area contributed by atoms with E-state index in [9.17, 15) is 18.4 Å². The van der Waals surface area contributed by atoms with Crippen LogP contribution in [-0.4, -0.2) is 34.4 Å². The van der Waals surface area contributed by atoms with Crippen molar-refractivity contribution in [2.75, 3.05) is 11.4 Å². The summed E-state index contributed by atoms with van der Waals surface area (Å²) in [6.45, 7) is 3.39. The number of para-hydroxylation sites is 1. The maximum atomic E-state index is 13.9. The highest BCUT2D eigenvalue weighted by Crippen LogP contribution is 2.27. The number of halogens is 2. The first-order valence-corrected chi connectivity index (χ1v) is 7.72. The first-order chi connectivity index (χ1) is 11.9. The van der Waals surface area contributed by atoms with Crippen molar-refractivity contribution in [3.63, 3.8) is 0 Å². The van der Waals surface area contributed by atoms with Crippen molar-refractivity contribution in [2.45, 2.75) is 26.3 Å². The summed E-state index contributed by atoms with van der Waals surface area (Å²) in [6.07, 6.45) is 1.38. The lowest BCUT2D eigenvalue weighted by molar-refractivity contribution is -0.117. The summed E-state index contributed by atoms with van der Waals surface area (Å²) in [5.74, 6) is -1.96. The number of nitrogens with one attached hydrogen (secondary N) is 1. The van der Waals surface area contributed by atoms with Gasteiger partial charge in [-0.1, -0.05) is 6.07 Å². The van der Waals surface area contributed by atoms with E-state index in [1.165, 1.54) is 12.3 Å². The van der Waals surface area contributed by atoms with Gasteiger partial charge in [-0.25, -0.2) is 18.7 Å². The lowest BCUT2D eigenvalue weighted by atomic mass is 10.2. The standard InChI is InChI=1S/C17H16F2N4O2/c1-9-12(7-20-10(2)21-9)17(25)22-11-6-15(24)23(8-11)16-13(18)4-3-5-14(16)19/h3-5,7,11H,6,8H2,1-2H3,(H,22,25). The average Bonchev–Trinajstić information content (AvgIpc) is 2.87. The molecule has 6 nitrogen and oxygen atoms in total. The van der Waals surface area contributed by atoms with E-state index in [4.69, 9.17) is 0 Å². The van der Waals surface area contributed by atoms with E-state index in [2.05, 4.69) is 15.3 Å². The Labute approximate surface area is 142 Å². The summed E-state index contributed by atoms with van der Waals surface area (Å²) in [5.41, 5.74) is 0.430. The van der Waals surface area contributed by atoms with Gasteiger partial charge in [0.15, 0.2) is 0 Å². The molecule has 1 aliphatic heterocycles. The Balaban J connectivity index is 1.76. The van der Waals surface area contributed by atoms with E-state index < -0.39 is 29.5 Å². The van der Waals surface area contributed by atoms with E-state index in [1.54, 1.807) is 13.8 Å². The van der Waals surface area contributed by atoms with Gasteiger partial charge in [-0.2, -0.15) is 0 Å². The minimum absolute atomic E-state index is 0.00576. The fraction of sp³-hybridized carbons (Fsp3) is 0.294. The van der Waals surface area contributed by atoms with Crippen LogP contribution in [0.5, 0.6) is 0 Å². The molecule has 0 bridgehead atoms. The van der Waals surface area contributed by atoms with Gasteiger partial charge >= 0.3 is 0 Å². The van der Waals surface area contributed by atoms with Crippen molar-refractivity contribution >= 4 is 17.5 Å². The Morgan fingerprint density at radius 3 is 2.60 bits per heavy atom. The number of carbonyl (C=O) groups is 2. The molecule has 1 aliphatic rings. The number of aryl methyl sites for hydroxylation is 2. The molecule has 1 N–H and O–H groups in total. The minimum atomic E-state index is -0.817. The summed E-state index contributed by atoms with van der Waals surface area (Å²) in [7, 11) is 0. The van der Waals surface area contributed by atoms with Crippen LogP contribution in [0.4, 0.5) is 14.5 Å². The van der Waals surface area contributed by atoms with Crippen LogP contribution in [0.1, 0.15) is 28.3 Å². The minimum Gasteiger partial charge on any atom is -0.347 e. The molecule has 8 heteroatoms. The zero-order valence-corrected chi connectivity index (χ0v) is 13.7. The smallest absolute Gasteiger partial charge is 0.254 e. The van der Waals surface area contributed by atoms with Gasteiger partial charge in [0.05, 0.1) is 17.3 Å². The summed E-state index contributed by atoms with van der Waals surface area (Å²) in [5, 5.41) is 2.70. The predicted molar refractivity (Wildman–Crippen MR) is 86.1 cm³/mol. The van der Waals surface area contributed by atoms with Crippen LogP contribution >= 0.6 is 0 Å². The molecule has 0 spiro atoms. The number of amides is 2. The molecule has 2 aromatic rings. The van der Waals surface area contributed by atoms with E-state index in [0.29, 0.717) is 17.1 Å². The van der Waals surface area contributed by atoms with Crippen LogP contribution in [0.25, 0.3) is 0 Å². The van der Waals surface area contributed by atoms with Gasteiger partial charge in [-0.3, -0.25) is 9.59 Å². The van der Waals surface area contributed by atoms with Gasteiger partial charge < -0.3 is 10.2 Å². The fourth-order valence-electron chi connectivity index (χ4n) is 2.84. The van der Waals surface area contributed by atoms with E-state index in [1.807, 2.05) is 0 Å². The van der Waals surface area contributed by atoms with E-state index in [-0.39, 0.29) is 18.7 Å². The molecule has 0 aliphatic carbocycles. The second kappa shape index (κ2) is 6.54. The molecule has 2 heterocycles. The molecule has 0 radical (unpaired) electrons. The monoisotopic (exact) mass is 346 g/mol. The van der Waals surface area contributed by atoms with Gasteiger partial charge in [0.2, 0.25) is 5.91 Å². The quantitative estimate of drug-likeness (QED) is 0.921. The number of nitrogens with zero attached hydrogens (tertiary/aromatic N) is 3. The molecule has 1 atom stereocenters. The van der Waals surface area contributed by atoms with Crippen molar-refractivity contribution in [1.29, 1.82) is 0 Å². The van der Waals surface area contributed by atoms with Crippen LogP contribution in [0.2, 0.25) is 0 Å². The highest BCUT2D eigenvalue weighted by Gasteiger charge is 2.34. The van der Waals surface area contributed by atoms with Crippen LogP contribution in [0.3, 0.4) is 0 Å². The SMILES string of the molecule is Cc1ncc(C(=O)NC2CC(=O)N(c3c(F)cccc3F)C2)c(C)n1. The molecule has 1 fully saturated rings. The summed E-state index contributed by atoms with van der Waals surface area (Å²) < 4.78 is 27.8. The largest absolute Gasteiger partial charge is 0.347 e. The summed E-state index contributed by atoms with van der Waals surface area (Å²) in [6, 6.07) is 2.85. The van der Waals surface area contributed by atoms with E-state index in [0.717, 1.165) is 17.0 Å². The zero-order valence-electron chi connectivity index (χ0n) is 13.7. The van der Waals surface area contributed by atoms with Crippen molar-refractivity contribution in [1.82, 2.24) is 15.3 Å². The van der Waals surface area contributed by atoms with Gasteiger partial charge in [0.25, 0.3) is 5.91 Å².